The van der Waals surface area contributed by atoms with Crippen molar-refractivity contribution >= 4 is 27.5 Å². The molecule has 0 spiro atoms. The number of benzene rings is 2. The summed E-state index contributed by atoms with van der Waals surface area (Å²) in [7, 11) is 0. The van der Waals surface area contributed by atoms with Crippen LogP contribution in [0.15, 0.2) is 46.9 Å². The van der Waals surface area contributed by atoms with E-state index in [1.807, 2.05) is 12.1 Å². The van der Waals surface area contributed by atoms with Crippen molar-refractivity contribution in [2.24, 2.45) is 0 Å². The molecule has 3 heteroatoms. The van der Waals surface area contributed by atoms with E-state index in [4.69, 9.17) is 11.6 Å². The molecule has 0 aliphatic carbocycles. The number of rotatable bonds is 4. The first-order valence-corrected chi connectivity index (χ1v) is 7.54. The van der Waals surface area contributed by atoms with Gasteiger partial charge in [0.1, 0.15) is 0 Å². The Morgan fingerprint density at radius 3 is 2.53 bits per heavy atom. The molecule has 19 heavy (non-hydrogen) atoms. The molecule has 2 aromatic carbocycles. The van der Waals surface area contributed by atoms with Crippen molar-refractivity contribution in [1.82, 2.24) is 5.32 Å². The van der Waals surface area contributed by atoms with Gasteiger partial charge in [0.05, 0.1) is 6.04 Å². The average molecular weight is 339 g/mol. The lowest BCUT2D eigenvalue weighted by molar-refractivity contribution is 0.628. The normalized spacial score (nSPS) is 12.4. The predicted molar refractivity (Wildman–Crippen MR) is 85.9 cm³/mol. The van der Waals surface area contributed by atoms with Gasteiger partial charge in [0.25, 0.3) is 0 Å². The highest BCUT2D eigenvalue weighted by molar-refractivity contribution is 9.10. The summed E-state index contributed by atoms with van der Waals surface area (Å²) in [5.41, 5.74) is 3.65. The lowest BCUT2D eigenvalue weighted by Gasteiger charge is -2.22. The van der Waals surface area contributed by atoms with Crippen molar-refractivity contribution in [3.8, 4) is 0 Å². The summed E-state index contributed by atoms with van der Waals surface area (Å²) in [5.74, 6) is 0. The third-order valence-corrected chi connectivity index (χ3v) is 4.00. The van der Waals surface area contributed by atoms with Gasteiger partial charge in [-0.2, -0.15) is 0 Å². The molecule has 0 fully saturated rings. The van der Waals surface area contributed by atoms with Crippen molar-refractivity contribution in [2.45, 2.75) is 19.9 Å². The van der Waals surface area contributed by atoms with Crippen LogP contribution < -0.4 is 5.32 Å². The molecule has 2 rings (SSSR count). The molecule has 0 aromatic heterocycles. The largest absolute Gasteiger partial charge is 0.306 e. The van der Waals surface area contributed by atoms with Gasteiger partial charge in [-0.3, -0.25) is 0 Å². The fraction of sp³-hybridized carbons (Fsp3) is 0.250. The van der Waals surface area contributed by atoms with Gasteiger partial charge in [0.15, 0.2) is 0 Å². The Balaban J connectivity index is 2.48. The maximum atomic E-state index is 6.39. The third-order valence-electron chi connectivity index (χ3n) is 3.18. The molecule has 0 aliphatic rings. The highest BCUT2D eigenvalue weighted by Crippen LogP contribution is 2.31. The van der Waals surface area contributed by atoms with Crippen molar-refractivity contribution in [3.05, 3.63) is 68.7 Å². The summed E-state index contributed by atoms with van der Waals surface area (Å²) < 4.78 is 1.00. The van der Waals surface area contributed by atoms with Gasteiger partial charge in [-0.05, 0) is 42.3 Å². The number of hydrogen-bond acceptors (Lipinski definition) is 1. The van der Waals surface area contributed by atoms with Crippen molar-refractivity contribution in [1.29, 1.82) is 0 Å². The van der Waals surface area contributed by atoms with Crippen LogP contribution in [0.4, 0.5) is 0 Å². The third kappa shape index (κ3) is 3.38. The fourth-order valence-electron chi connectivity index (χ4n) is 2.24. The fourth-order valence-corrected chi connectivity index (χ4v) is 3.02. The second-order valence-corrected chi connectivity index (χ2v) is 5.84. The molecule has 100 valence electrons. The topological polar surface area (TPSA) is 12.0 Å². The molecule has 1 N–H and O–H groups in total. The average Bonchev–Trinajstić information content (AvgIpc) is 2.38. The lowest BCUT2D eigenvalue weighted by Crippen LogP contribution is -2.23. The first kappa shape index (κ1) is 14.6. The van der Waals surface area contributed by atoms with E-state index in [0.29, 0.717) is 0 Å². The number of nitrogens with one attached hydrogen (secondary N) is 1. The van der Waals surface area contributed by atoms with E-state index in [9.17, 15) is 0 Å². The minimum Gasteiger partial charge on any atom is -0.306 e. The lowest BCUT2D eigenvalue weighted by atomic mass is 9.95. The second kappa shape index (κ2) is 6.56. The summed E-state index contributed by atoms with van der Waals surface area (Å²) in [4.78, 5) is 0. The monoisotopic (exact) mass is 337 g/mol. The van der Waals surface area contributed by atoms with Crippen LogP contribution >= 0.6 is 27.5 Å². The smallest absolute Gasteiger partial charge is 0.0593 e. The second-order valence-electron chi connectivity index (χ2n) is 4.51. The standard InChI is InChI=1S/C16H17BrClN/c1-3-19-16(13-7-5-4-6-11(13)2)14-9-8-12(17)10-15(14)18/h4-10,16,19H,3H2,1-2H3. The Kier molecular flexibility index (Phi) is 5.03. The highest BCUT2D eigenvalue weighted by Gasteiger charge is 2.17. The van der Waals surface area contributed by atoms with E-state index in [1.165, 1.54) is 11.1 Å². The van der Waals surface area contributed by atoms with Gasteiger partial charge in [-0.15, -0.1) is 0 Å². The van der Waals surface area contributed by atoms with E-state index < -0.39 is 0 Å². The van der Waals surface area contributed by atoms with Crippen LogP contribution in [0.5, 0.6) is 0 Å². The Morgan fingerprint density at radius 1 is 1.16 bits per heavy atom. The van der Waals surface area contributed by atoms with E-state index in [0.717, 1.165) is 21.6 Å². The van der Waals surface area contributed by atoms with E-state index >= 15 is 0 Å². The molecule has 0 bridgehead atoms. The van der Waals surface area contributed by atoms with Crippen molar-refractivity contribution in [3.63, 3.8) is 0 Å². The van der Waals surface area contributed by atoms with Gasteiger partial charge in [-0.25, -0.2) is 0 Å². The SMILES string of the molecule is CCNC(c1ccccc1C)c1ccc(Br)cc1Cl. The van der Waals surface area contributed by atoms with Crippen molar-refractivity contribution in [2.75, 3.05) is 6.54 Å². The quantitative estimate of drug-likeness (QED) is 0.817. The van der Waals surface area contributed by atoms with Crippen LogP contribution in [0.25, 0.3) is 0 Å². The molecule has 0 saturated heterocycles. The summed E-state index contributed by atoms with van der Waals surface area (Å²) in [6, 6.07) is 14.6. The van der Waals surface area contributed by atoms with Gasteiger partial charge in [-0.1, -0.05) is 64.8 Å². The zero-order chi connectivity index (χ0) is 13.8. The summed E-state index contributed by atoms with van der Waals surface area (Å²) in [6.07, 6.45) is 0. The van der Waals surface area contributed by atoms with Crippen LogP contribution in [-0.2, 0) is 0 Å². The Labute approximate surface area is 128 Å². The minimum atomic E-state index is 0.131. The van der Waals surface area contributed by atoms with Gasteiger partial charge < -0.3 is 5.32 Å². The highest BCUT2D eigenvalue weighted by atomic mass is 79.9. The van der Waals surface area contributed by atoms with Gasteiger partial charge in [0, 0.05) is 9.50 Å². The van der Waals surface area contributed by atoms with Crippen LogP contribution in [0.2, 0.25) is 5.02 Å². The molecule has 0 amide bonds. The van der Waals surface area contributed by atoms with Crippen LogP contribution in [0.3, 0.4) is 0 Å². The van der Waals surface area contributed by atoms with Crippen LogP contribution in [-0.4, -0.2) is 6.54 Å². The molecular weight excluding hydrogens is 322 g/mol. The number of hydrogen-bond donors (Lipinski definition) is 1. The summed E-state index contributed by atoms with van der Waals surface area (Å²) >= 11 is 9.84. The van der Waals surface area contributed by atoms with Crippen LogP contribution in [0, 0.1) is 6.92 Å². The molecule has 2 aromatic rings. The van der Waals surface area contributed by atoms with Crippen molar-refractivity contribution < 1.29 is 0 Å². The zero-order valence-electron chi connectivity index (χ0n) is 11.1. The molecule has 1 nitrogen and oxygen atoms in total. The Hall–Kier alpha value is -0.830. The molecule has 0 aliphatic heterocycles. The van der Waals surface area contributed by atoms with E-state index in [-0.39, 0.29) is 6.04 Å². The van der Waals surface area contributed by atoms with E-state index in [2.05, 4.69) is 65.4 Å². The number of halogens is 2. The van der Waals surface area contributed by atoms with E-state index in [1.54, 1.807) is 0 Å². The molecule has 1 atom stereocenters. The predicted octanol–water partition coefficient (Wildman–Crippen LogP) is 5.11. The maximum absolute atomic E-state index is 6.39. The maximum Gasteiger partial charge on any atom is 0.0593 e. The first-order valence-electron chi connectivity index (χ1n) is 6.37. The molecule has 0 radical (unpaired) electrons. The number of aryl methyl sites for hydroxylation is 1. The molecule has 1 unspecified atom stereocenters. The minimum absolute atomic E-state index is 0.131. The molecule has 0 heterocycles. The molecule has 0 saturated carbocycles. The first-order chi connectivity index (χ1) is 9.13. The summed E-state index contributed by atoms with van der Waals surface area (Å²) in [5, 5.41) is 4.30. The van der Waals surface area contributed by atoms with Crippen LogP contribution in [0.1, 0.15) is 29.7 Å². The van der Waals surface area contributed by atoms with Gasteiger partial charge in [0.2, 0.25) is 0 Å². The molecular formula is C16H17BrClN. The Bertz CT molecular complexity index is 568. The summed E-state index contributed by atoms with van der Waals surface area (Å²) in [6.45, 7) is 5.13. The Morgan fingerprint density at radius 2 is 1.89 bits per heavy atom. The van der Waals surface area contributed by atoms with Gasteiger partial charge >= 0.3 is 0 Å². The zero-order valence-corrected chi connectivity index (χ0v) is 13.4.